The Morgan fingerprint density at radius 2 is 2.22 bits per heavy atom. The molecule has 0 saturated carbocycles. The Morgan fingerprint density at radius 1 is 1.39 bits per heavy atom. The van der Waals surface area contributed by atoms with E-state index in [4.69, 9.17) is 10.2 Å². The van der Waals surface area contributed by atoms with Crippen molar-refractivity contribution in [3.05, 3.63) is 36.3 Å². The molecule has 3 aromatic rings. The molecule has 0 aromatic carbocycles. The zero-order valence-electron chi connectivity index (χ0n) is 9.49. The molecule has 0 aliphatic carbocycles. The second-order valence-corrected chi connectivity index (χ2v) is 3.74. The predicted octanol–water partition coefficient (Wildman–Crippen LogP) is 0.998. The van der Waals surface area contributed by atoms with E-state index in [9.17, 15) is 4.79 Å². The molecule has 0 aliphatic rings. The lowest BCUT2D eigenvalue weighted by molar-refractivity contribution is 0.0962. The highest BCUT2D eigenvalue weighted by molar-refractivity contribution is 6.01. The fourth-order valence-corrected chi connectivity index (χ4v) is 1.74. The zero-order valence-corrected chi connectivity index (χ0v) is 9.49. The van der Waals surface area contributed by atoms with E-state index < -0.39 is 0 Å². The van der Waals surface area contributed by atoms with E-state index in [2.05, 4.69) is 15.0 Å². The summed E-state index contributed by atoms with van der Waals surface area (Å²) < 4.78 is 6.43. The molecular formula is C11H9N5O2. The molecule has 0 spiro atoms. The Balaban J connectivity index is 2.19. The molecule has 18 heavy (non-hydrogen) atoms. The number of hydrogen-bond donors (Lipinski definition) is 1. The molecule has 0 radical (unpaired) electrons. The first-order valence-electron chi connectivity index (χ1n) is 5.21. The molecule has 7 heteroatoms. The molecule has 2 N–H and O–H groups in total. The minimum Gasteiger partial charge on any atom is -0.469 e. The van der Waals surface area contributed by atoms with Gasteiger partial charge in [-0.05, 0) is 13.0 Å². The van der Waals surface area contributed by atoms with Crippen molar-refractivity contribution in [3.8, 4) is 0 Å². The van der Waals surface area contributed by atoms with Crippen LogP contribution in [0.1, 0.15) is 16.1 Å². The normalized spacial score (nSPS) is 10.9. The summed E-state index contributed by atoms with van der Waals surface area (Å²) in [4.78, 5) is 24.2. The Labute approximate surface area is 101 Å². The van der Waals surface area contributed by atoms with E-state index in [1.165, 1.54) is 23.5 Å². The quantitative estimate of drug-likeness (QED) is 0.684. The van der Waals surface area contributed by atoms with E-state index in [0.717, 1.165) is 0 Å². The summed E-state index contributed by atoms with van der Waals surface area (Å²) in [5.41, 5.74) is 6.92. The van der Waals surface area contributed by atoms with Crippen LogP contribution in [0.25, 0.3) is 11.2 Å². The fraction of sp³-hybridized carbons (Fsp3) is 0.0909. The molecule has 3 aromatic heterocycles. The maximum atomic E-state index is 12.3. The van der Waals surface area contributed by atoms with Crippen LogP contribution in [0.5, 0.6) is 0 Å². The highest BCUT2D eigenvalue weighted by Gasteiger charge is 2.18. The highest BCUT2D eigenvalue weighted by Crippen LogP contribution is 2.17. The van der Waals surface area contributed by atoms with Crippen LogP contribution in [0.3, 0.4) is 0 Å². The molecule has 0 fully saturated rings. The van der Waals surface area contributed by atoms with Crippen molar-refractivity contribution < 1.29 is 9.21 Å². The van der Waals surface area contributed by atoms with Crippen LogP contribution in [0.15, 0.2) is 29.4 Å². The molecule has 0 saturated heterocycles. The second-order valence-electron chi connectivity index (χ2n) is 3.74. The van der Waals surface area contributed by atoms with Crippen LogP contribution in [-0.4, -0.2) is 25.4 Å². The van der Waals surface area contributed by atoms with Gasteiger partial charge in [-0.3, -0.25) is 4.79 Å². The summed E-state index contributed by atoms with van der Waals surface area (Å²) in [6, 6.07) is 1.61. The third-order valence-electron chi connectivity index (χ3n) is 2.67. The van der Waals surface area contributed by atoms with Gasteiger partial charge in [-0.25, -0.2) is 19.5 Å². The number of anilines is 1. The maximum Gasteiger partial charge on any atom is 0.268 e. The van der Waals surface area contributed by atoms with Gasteiger partial charge in [0.1, 0.15) is 18.4 Å². The van der Waals surface area contributed by atoms with Crippen LogP contribution < -0.4 is 5.73 Å². The van der Waals surface area contributed by atoms with Crippen LogP contribution in [-0.2, 0) is 0 Å². The maximum absolute atomic E-state index is 12.3. The van der Waals surface area contributed by atoms with Crippen molar-refractivity contribution in [3.63, 3.8) is 0 Å². The van der Waals surface area contributed by atoms with Gasteiger partial charge >= 0.3 is 0 Å². The van der Waals surface area contributed by atoms with E-state index in [-0.39, 0.29) is 11.7 Å². The monoisotopic (exact) mass is 243 g/mol. The SMILES string of the molecule is Cc1occc1C(=O)n1cnc2c(N)ncnc21. The molecule has 0 amide bonds. The number of carbonyl (C=O) groups excluding carboxylic acids is 1. The van der Waals surface area contributed by atoms with Crippen LogP contribution in [0.2, 0.25) is 0 Å². The summed E-state index contributed by atoms with van der Waals surface area (Å²) >= 11 is 0. The number of aryl methyl sites for hydroxylation is 1. The van der Waals surface area contributed by atoms with Crippen molar-refractivity contribution >= 4 is 22.9 Å². The van der Waals surface area contributed by atoms with Crippen molar-refractivity contribution in [2.24, 2.45) is 0 Å². The Morgan fingerprint density at radius 3 is 2.94 bits per heavy atom. The number of carbonyl (C=O) groups is 1. The van der Waals surface area contributed by atoms with Crippen molar-refractivity contribution in [1.29, 1.82) is 0 Å². The van der Waals surface area contributed by atoms with Gasteiger partial charge in [0.05, 0.1) is 11.8 Å². The van der Waals surface area contributed by atoms with Gasteiger partial charge in [-0.2, -0.15) is 0 Å². The molecule has 0 aliphatic heterocycles. The minimum atomic E-state index is -0.262. The Bertz CT molecular complexity index is 743. The number of aromatic nitrogens is 4. The van der Waals surface area contributed by atoms with E-state index in [0.29, 0.717) is 22.5 Å². The number of imidazole rings is 1. The first-order chi connectivity index (χ1) is 8.68. The first kappa shape index (κ1) is 10.5. The molecule has 90 valence electrons. The Kier molecular flexibility index (Phi) is 2.12. The molecule has 0 atom stereocenters. The third-order valence-corrected chi connectivity index (χ3v) is 2.67. The number of nitrogens with zero attached hydrogens (tertiary/aromatic N) is 4. The Hall–Kier alpha value is -2.70. The number of nitrogens with two attached hydrogens (primary N) is 1. The van der Waals surface area contributed by atoms with Crippen molar-refractivity contribution in [2.75, 3.05) is 5.73 Å². The van der Waals surface area contributed by atoms with Crippen LogP contribution in [0, 0.1) is 6.92 Å². The van der Waals surface area contributed by atoms with Gasteiger partial charge in [0.15, 0.2) is 17.0 Å². The average molecular weight is 243 g/mol. The van der Waals surface area contributed by atoms with Gasteiger partial charge in [0.2, 0.25) is 0 Å². The molecule has 7 nitrogen and oxygen atoms in total. The lowest BCUT2D eigenvalue weighted by atomic mass is 10.2. The van der Waals surface area contributed by atoms with Gasteiger partial charge in [-0.1, -0.05) is 0 Å². The van der Waals surface area contributed by atoms with Gasteiger partial charge in [-0.15, -0.1) is 0 Å². The fourth-order valence-electron chi connectivity index (χ4n) is 1.74. The topological polar surface area (TPSA) is 99.8 Å². The number of fused-ring (bicyclic) bond motifs is 1. The lowest BCUT2D eigenvalue weighted by Gasteiger charge is -2.00. The van der Waals surface area contributed by atoms with E-state index in [1.807, 2.05) is 0 Å². The summed E-state index contributed by atoms with van der Waals surface area (Å²) in [6.45, 7) is 1.72. The third kappa shape index (κ3) is 1.37. The number of hydrogen-bond acceptors (Lipinski definition) is 6. The zero-order chi connectivity index (χ0) is 12.7. The standard InChI is InChI=1S/C11H9N5O2/c1-6-7(2-3-18-6)11(17)16-5-15-8-9(12)13-4-14-10(8)16/h2-5H,1H3,(H2,12,13,14). The highest BCUT2D eigenvalue weighted by atomic mass is 16.3. The van der Waals surface area contributed by atoms with Crippen LogP contribution in [0.4, 0.5) is 5.82 Å². The molecule has 3 heterocycles. The number of nitrogen functional groups attached to an aromatic ring is 1. The smallest absolute Gasteiger partial charge is 0.268 e. The molecular weight excluding hydrogens is 234 g/mol. The van der Waals surface area contributed by atoms with Gasteiger partial charge in [0, 0.05) is 0 Å². The van der Waals surface area contributed by atoms with Crippen LogP contribution >= 0.6 is 0 Å². The molecule has 0 bridgehead atoms. The summed E-state index contributed by atoms with van der Waals surface area (Å²) in [5, 5.41) is 0. The number of furan rings is 1. The largest absolute Gasteiger partial charge is 0.469 e. The van der Waals surface area contributed by atoms with Crippen molar-refractivity contribution in [1.82, 2.24) is 19.5 Å². The van der Waals surface area contributed by atoms with Crippen molar-refractivity contribution in [2.45, 2.75) is 6.92 Å². The van der Waals surface area contributed by atoms with E-state index >= 15 is 0 Å². The summed E-state index contributed by atoms with van der Waals surface area (Å²) in [6.07, 6.45) is 4.14. The number of rotatable bonds is 1. The van der Waals surface area contributed by atoms with Gasteiger partial charge < -0.3 is 10.2 Å². The van der Waals surface area contributed by atoms with E-state index in [1.54, 1.807) is 13.0 Å². The average Bonchev–Trinajstić information content (AvgIpc) is 2.95. The minimum absolute atomic E-state index is 0.246. The summed E-state index contributed by atoms with van der Waals surface area (Å²) in [5.74, 6) is 0.529. The molecule has 0 unspecified atom stereocenters. The van der Waals surface area contributed by atoms with Gasteiger partial charge in [0.25, 0.3) is 5.91 Å². The predicted molar refractivity (Wildman–Crippen MR) is 62.9 cm³/mol. The molecule has 3 rings (SSSR count). The second kappa shape index (κ2) is 3.66. The lowest BCUT2D eigenvalue weighted by Crippen LogP contribution is -2.11. The summed E-state index contributed by atoms with van der Waals surface area (Å²) in [7, 11) is 0. The first-order valence-corrected chi connectivity index (χ1v) is 5.21.